The van der Waals surface area contributed by atoms with Crippen LogP contribution in [0.2, 0.25) is 0 Å². The van der Waals surface area contributed by atoms with Crippen LogP contribution in [0.4, 0.5) is 0 Å². The van der Waals surface area contributed by atoms with Crippen LogP contribution in [-0.4, -0.2) is 40.4 Å². The van der Waals surface area contributed by atoms with Gasteiger partial charge in [0.2, 0.25) is 5.43 Å². The molecule has 0 aliphatic carbocycles. The lowest BCUT2D eigenvalue weighted by atomic mass is 10.1. The molecule has 1 aliphatic rings. The second kappa shape index (κ2) is 10.1. The van der Waals surface area contributed by atoms with E-state index in [1.165, 1.54) is 0 Å². The van der Waals surface area contributed by atoms with E-state index in [4.69, 9.17) is 0 Å². The lowest BCUT2D eigenvalue weighted by Crippen LogP contribution is -2.41. The molecule has 0 saturated carbocycles. The quantitative estimate of drug-likeness (QED) is 0.732. The Morgan fingerprint density at radius 3 is 2.43 bits per heavy atom. The second-order valence-corrected chi connectivity index (χ2v) is 9.35. The van der Waals surface area contributed by atoms with Gasteiger partial charge in [-0.1, -0.05) is 13.8 Å². The summed E-state index contributed by atoms with van der Waals surface area (Å²) in [6.07, 6.45) is 6.90. The number of likely N-dealkylation sites (tertiary alicyclic amines) is 1. The van der Waals surface area contributed by atoms with Gasteiger partial charge in [-0.3, -0.25) is 14.4 Å². The van der Waals surface area contributed by atoms with Crippen LogP contribution in [0, 0.1) is 5.92 Å². The molecule has 3 rings (SSSR count). The van der Waals surface area contributed by atoms with E-state index in [1.54, 1.807) is 28.6 Å². The average Bonchev–Trinajstić information content (AvgIpc) is 3.21. The molecule has 1 atom stereocenters. The average molecular weight is 430 g/mol. The first-order valence-corrected chi connectivity index (χ1v) is 11.6. The number of thiophene rings is 1. The van der Waals surface area contributed by atoms with Gasteiger partial charge in [-0.2, -0.15) is 11.3 Å². The summed E-state index contributed by atoms with van der Waals surface area (Å²) in [7, 11) is 0. The number of aromatic nitrogens is 1. The van der Waals surface area contributed by atoms with E-state index in [0.717, 1.165) is 24.8 Å². The highest BCUT2D eigenvalue weighted by Crippen LogP contribution is 2.13. The molecule has 7 heteroatoms. The van der Waals surface area contributed by atoms with Crippen molar-refractivity contribution in [2.75, 3.05) is 13.1 Å². The zero-order valence-electron chi connectivity index (χ0n) is 18.0. The number of amides is 2. The van der Waals surface area contributed by atoms with Crippen molar-refractivity contribution in [1.82, 2.24) is 14.8 Å². The summed E-state index contributed by atoms with van der Waals surface area (Å²) < 4.78 is 1.81. The van der Waals surface area contributed by atoms with Gasteiger partial charge < -0.3 is 14.8 Å². The fourth-order valence-corrected chi connectivity index (χ4v) is 4.54. The van der Waals surface area contributed by atoms with Crippen LogP contribution in [0.5, 0.6) is 0 Å². The number of rotatable bonds is 7. The van der Waals surface area contributed by atoms with Crippen molar-refractivity contribution in [3.05, 3.63) is 56.1 Å². The SMILES string of the molecule is CC(C)Cn1cc(C(=O)N[C@@H](C)Cc2ccsc2)c(=O)c(C(=O)N2CCCCC2)c1. The van der Waals surface area contributed by atoms with Gasteiger partial charge in [-0.15, -0.1) is 0 Å². The summed E-state index contributed by atoms with van der Waals surface area (Å²) in [6.45, 7) is 8.00. The van der Waals surface area contributed by atoms with Crippen LogP contribution < -0.4 is 10.7 Å². The van der Waals surface area contributed by atoms with E-state index >= 15 is 0 Å². The summed E-state index contributed by atoms with van der Waals surface area (Å²) >= 11 is 1.62. The minimum absolute atomic E-state index is 0.0377. The van der Waals surface area contributed by atoms with Crippen molar-refractivity contribution in [2.24, 2.45) is 5.92 Å². The third-order valence-electron chi connectivity index (χ3n) is 5.27. The number of carbonyl (C=O) groups is 2. The van der Waals surface area contributed by atoms with Crippen molar-refractivity contribution in [2.45, 2.75) is 59.0 Å². The Bertz CT molecular complexity index is 928. The first-order chi connectivity index (χ1) is 14.3. The molecule has 1 aliphatic heterocycles. The van der Waals surface area contributed by atoms with E-state index in [-0.39, 0.29) is 23.1 Å². The molecule has 30 heavy (non-hydrogen) atoms. The Hall–Kier alpha value is -2.41. The van der Waals surface area contributed by atoms with Crippen molar-refractivity contribution < 1.29 is 9.59 Å². The molecular formula is C23H31N3O3S. The molecule has 0 bridgehead atoms. The molecule has 162 valence electrons. The minimum Gasteiger partial charge on any atom is -0.352 e. The molecule has 3 heterocycles. The molecule has 1 fully saturated rings. The van der Waals surface area contributed by atoms with E-state index in [9.17, 15) is 14.4 Å². The highest BCUT2D eigenvalue weighted by Gasteiger charge is 2.25. The van der Waals surface area contributed by atoms with Gasteiger partial charge in [0.15, 0.2) is 0 Å². The normalized spacial score (nSPS) is 15.3. The third-order valence-corrected chi connectivity index (χ3v) is 6.00. The minimum atomic E-state index is -0.481. The molecule has 0 unspecified atom stereocenters. The summed E-state index contributed by atoms with van der Waals surface area (Å²) in [5.74, 6) is -0.370. The van der Waals surface area contributed by atoms with Crippen LogP contribution in [0.15, 0.2) is 34.0 Å². The molecule has 2 aromatic heterocycles. The van der Waals surface area contributed by atoms with E-state index in [2.05, 4.69) is 24.5 Å². The summed E-state index contributed by atoms with van der Waals surface area (Å²) in [4.78, 5) is 40.8. The van der Waals surface area contributed by atoms with E-state index in [1.807, 2.05) is 22.9 Å². The van der Waals surface area contributed by atoms with Crippen LogP contribution in [0.1, 0.15) is 66.3 Å². The Morgan fingerprint density at radius 1 is 1.10 bits per heavy atom. The molecule has 1 N–H and O–H groups in total. The number of carbonyl (C=O) groups excluding carboxylic acids is 2. The molecular weight excluding hydrogens is 398 g/mol. The van der Waals surface area contributed by atoms with Gasteiger partial charge >= 0.3 is 0 Å². The van der Waals surface area contributed by atoms with Crippen LogP contribution in [0.3, 0.4) is 0 Å². The Balaban J connectivity index is 1.87. The van der Waals surface area contributed by atoms with Crippen molar-refractivity contribution >= 4 is 23.2 Å². The molecule has 0 spiro atoms. The maximum atomic E-state index is 13.1. The zero-order chi connectivity index (χ0) is 21.7. The smallest absolute Gasteiger partial charge is 0.259 e. The first kappa shape index (κ1) is 22.3. The number of hydrogen-bond donors (Lipinski definition) is 1. The highest BCUT2D eigenvalue weighted by molar-refractivity contribution is 7.07. The van der Waals surface area contributed by atoms with Gasteiger partial charge in [0, 0.05) is 38.1 Å². The molecule has 0 radical (unpaired) electrons. The fraction of sp³-hybridized carbons (Fsp3) is 0.522. The Labute approximate surface area is 181 Å². The van der Waals surface area contributed by atoms with Crippen molar-refractivity contribution in [3.8, 4) is 0 Å². The predicted molar refractivity (Wildman–Crippen MR) is 120 cm³/mol. The molecule has 0 aromatic carbocycles. The predicted octanol–water partition coefficient (Wildman–Crippen LogP) is 3.55. The largest absolute Gasteiger partial charge is 0.352 e. The molecule has 6 nitrogen and oxygen atoms in total. The third kappa shape index (κ3) is 5.59. The van der Waals surface area contributed by atoms with Gasteiger partial charge in [0.1, 0.15) is 11.1 Å². The van der Waals surface area contributed by atoms with Gasteiger partial charge in [-0.25, -0.2) is 0 Å². The number of nitrogens with one attached hydrogen (secondary N) is 1. The monoisotopic (exact) mass is 429 g/mol. The van der Waals surface area contributed by atoms with Crippen LogP contribution >= 0.6 is 11.3 Å². The maximum Gasteiger partial charge on any atom is 0.259 e. The van der Waals surface area contributed by atoms with E-state index < -0.39 is 11.3 Å². The summed E-state index contributed by atoms with van der Waals surface area (Å²) in [6, 6.07) is 1.91. The highest BCUT2D eigenvalue weighted by atomic mass is 32.1. The lowest BCUT2D eigenvalue weighted by molar-refractivity contribution is 0.0722. The van der Waals surface area contributed by atoms with Crippen LogP contribution in [0.25, 0.3) is 0 Å². The summed E-state index contributed by atoms with van der Waals surface area (Å²) in [5, 5.41) is 6.98. The number of pyridine rings is 1. The number of nitrogens with zero attached hydrogens (tertiary/aromatic N) is 2. The number of hydrogen-bond acceptors (Lipinski definition) is 4. The topological polar surface area (TPSA) is 71.4 Å². The van der Waals surface area contributed by atoms with Crippen molar-refractivity contribution in [1.29, 1.82) is 0 Å². The fourth-order valence-electron chi connectivity index (χ4n) is 3.85. The standard InChI is InChI=1S/C23H31N3O3S/c1-16(2)12-25-13-19(22(28)24-17(3)11-18-7-10-30-15-18)21(27)20(14-25)23(29)26-8-5-4-6-9-26/h7,10,13-17H,4-6,8-9,11-12H2,1-3H3,(H,24,28)/t17-/m0/s1. The van der Waals surface area contributed by atoms with Gasteiger partial charge in [0.25, 0.3) is 11.8 Å². The first-order valence-electron chi connectivity index (χ1n) is 10.7. The molecule has 1 saturated heterocycles. The van der Waals surface area contributed by atoms with Gasteiger partial charge in [0.05, 0.1) is 0 Å². The Morgan fingerprint density at radius 2 is 1.80 bits per heavy atom. The maximum absolute atomic E-state index is 13.1. The van der Waals surface area contributed by atoms with Crippen LogP contribution in [-0.2, 0) is 13.0 Å². The molecule has 2 aromatic rings. The zero-order valence-corrected chi connectivity index (χ0v) is 18.8. The van der Waals surface area contributed by atoms with Gasteiger partial charge in [-0.05, 0) is 60.9 Å². The van der Waals surface area contributed by atoms with E-state index in [0.29, 0.717) is 32.0 Å². The number of piperidine rings is 1. The van der Waals surface area contributed by atoms with Crippen molar-refractivity contribution in [3.63, 3.8) is 0 Å². The lowest BCUT2D eigenvalue weighted by Gasteiger charge is -2.27. The second-order valence-electron chi connectivity index (χ2n) is 8.57. The summed E-state index contributed by atoms with van der Waals surface area (Å²) in [5.41, 5.74) is 0.802. The molecule has 2 amide bonds. The Kier molecular flexibility index (Phi) is 7.48.